The van der Waals surface area contributed by atoms with Gasteiger partial charge in [0, 0.05) is 18.2 Å². The highest BCUT2D eigenvalue weighted by Gasteiger charge is 2.39. The molecule has 0 N–H and O–H groups in total. The molecule has 0 heterocycles. The summed E-state index contributed by atoms with van der Waals surface area (Å²) in [4.78, 5) is 0. The van der Waals surface area contributed by atoms with Crippen molar-refractivity contribution in [2.75, 3.05) is 13.2 Å². The molecule has 2 nitrogen and oxygen atoms in total. The van der Waals surface area contributed by atoms with Crippen molar-refractivity contribution >= 4 is 25.3 Å². The van der Waals surface area contributed by atoms with Crippen LogP contribution in [0.4, 0.5) is 0 Å². The molecule has 4 heteroatoms. The molecule has 0 saturated carbocycles. The summed E-state index contributed by atoms with van der Waals surface area (Å²) >= 11 is 6.16. The zero-order valence-corrected chi connectivity index (χ0v) is 14.7. The van der Waals surface area contributed by atoms with E-state index in [0.717, 1.165) is 50.0 Å². The molecule has 0 aliphatic rings. The van der Waals surface area contributed by atoms with E-state index >= 15 is 0 Å². The van der Waals surface area contributed by atoms with Crippen LogP contribution in [-0.2, 0) is 8.85 Å². The van der Waals surface area contributed by atoms with Gasteiger partial charge in [-0.15, -0.1) is 0 Å². The van der Waals surface area contributed by atoms with E-state index in [4.69, 9.17) is 20.5 Å². The van der Waals surface area contributed by atoms with Crippen LogP contribution in [0.3, 0.4) is 0 Å². The molecule has 0 radical (unpaired) electrons. The molecule has 1 aromatic rings. The molecule has 1 rings (SSSR count). The van der Waals surface area contributed by atoms with Gasteiger partial charge < -0.3 is 8.85 Å². The monoisotopic (exact) mass is 314 g/mol. The van der Waals surface area contributed by atoms with Crippen molar-refractivity contribution < 1.29 is 8.85 Å². The fourth-order valence-corrected chi connectivity index (χ4v) is 6.05. The number of hydrogen-bond acceptors (Lipinski definition) is 2. The quantitative estimate of drug-likeness (QED) is 0.586. The fourth-order valence-electron chi connectivity index (χ4n) is 2.17. The van der Waals surface area contributed by atoms with Gasteiger partial charge in [-0.25, -0.2) is 0 Å². The molecule has 0 aliphatic carbocycles. The lowest BCUT2D eigenvalue weighted by Gasteiger charge is -2.31. The van der Waals surface area contributed by atoms with E-state index in [0.29, 0.717) is 0 Å². The standard InChI is InChI=1S/C16H27ClO2Si/c1-4-7-13-20(18-11-5-2,19-12-6-3)16-10-8-9-15(17)14-16/h8-10,14H,4-7,11-13H2,1-3H3. The van der Waals surface area contributed by atoms with Gasteiger partial charge in [-0.1, -0.05) is 57.3 Å². The molecule has 20 heavy (non-hydrogen) atoms. The molecule has 114 valence electrons. The summed E-state index contributed by atoms with van der Waals surface area (Å²) in [6, 6.07) is 9.04. The van der Waals surface area contributed by atoms with Crippen molar-refractivity contribution in [3.8, 4) is 0 Å². The van der Waals surface area contributed by atoms with Crippen molar-refractivity contribution in [1.29, 1.82) is 0 Å². The summed E-state index contributed by atoms with van der Waals surface area (Å²) < 4.78 is 12.6. The fraction of sp³-hybridized carbons (Fsp3) is 0.625. The summed E-state index contributed by atoms with van der Waals surface area (Å²) in [5, 5.41) is 1.93. The Morgan fingerprint density at radius 3 is 2.15 bits per heavy atom. The molecule has 0 aliphatic heterocycles. The average molecular weight is 315 g/mol. The van der Waals surface area contributed by atoms with E-state index in [1.807, 2.05) is 18.2 Å². The summed E-state index contributed by atoms with van der Waals surface area (Å²) in [5.74, 6) is 0. The molecule has 0 fully saturated rings. The van der Waals surface area contributed by atoms with Gasteiger partial charge in [0.2, 0.25) is 0 Å². The zero-order chi connectivity index (χ0) is 14.8. The number of rotatable bonds is 10. The summed E-state index contributed by atoms with van der Waals surface area (Å²) in [7, 11) is -2.35. The predicted molar refractivity (Wildman–Crippen MR) is 89.0 cm³/mol. The third kappa shape index (κ3) is 5.21. The average Bonchev–Trinajstić information content (AvgIpc) is 2.47. The Morgan fingerprint density at radius 1 is 1.00 bits per heavy atom. The minimum Gasteiger partial charge on any atom is -0.391 e. The van der Waals surface area contributed by atoms with Gasteiger partial charge in [0.25, 0.3) is 0 Å². The SMILES string of the molecule is CCCC[Si](OCCC)(OCCC)c1cccc(Cl)c1. The van der Waals surface area contributed by atoms with Gasteiger partial charge >= 0.3 is 8.56 Å². The number of benzene rings is 1. The molecule has 0 aromatic heterocycles. The number of halogens is 1. The molecule has 0 bridgehead atoms. The third-order valence-electron chi connectivity index (χ3n) is 3.20. The topological polar surface area (TPSA) is 18.5 Å². The molecule has 0 unspecified atom stereocenters. The maximum absolute atomic E-state index is 6.28. The van der Waals surface area contributed by atoms with Gasteiger partial charge in [0.1, 0.15) is 0 Å². The number of unbranched alkanes of at least 4 members (excludes halogenated alkanes) is 1. The minimum atomic E-state index is -2.35. The molecular weight excluding hydrogens is 288 g/mol. The van der Waals surface area contributed by atoms with E-state index < -0.39 is 8.56 Å². The normalized spacial score (nSPS) is 11.8. The highest BCUT2D eigenvalue weighted by atomic mass is 35.5. The van der Waals surface area contributed by atoms with Crippen molar-refractivity contribution in [2.24, 2.45) is 0 Å². The second kappa shape index (κ2) is 9.56. The van der Waals surface area contributed by atoms with E-state index in [1.165, 1.54) is 5.19 Å². The Morgan fingerprint density at radius 2 is 1.65 bits per heavy atom. The second-order valence-electron chi connectivity index (χ2n) is 5.06. The first-order valence-corrected chi connectivity index (χ1v) is 10.1. The Kier molecular flexibility index (Phi) is 8.46. The van der Waals surface area contributed by atoms with E-state index in [1.54, 1.807) is 0 Å². The predicted octanol–water partition coefficient (Wildman–Crippen LogP) is 4.64. The summed E-state index contributed by atoms with van der Waals surface area (Å²) in [5.41, 5.74) is 0. The van der Waals surface area contributed by atoms with Crippen LogP contribution in [0.2, 0.25) is 11.1 Å². The first-order valence-electron chi connectivity index (χ1n) is 7.72. The Hall–Kier alpha value is -0.353. The zero-order valence-electron chi connectivity index (χ0n) is 13.0. The van der Waals surface area contributed by atoms with Crippen LogP contribution in [0, 0.1) is 0 Å². The summed E-state index contributed by atoms with van der Waals surface area (Å²) in [6.07, 6.45) is 4.31. The van der Waals surface area contributed by atoms with Gasteiger partial charge in [-0.05, 0) is 36.2 Å². The molecular formula is C16H27ClO2Si. The maximum Gasteiger partial charge on any atom is 0.372 e. The van der Waals surface area contributed by atoms with E-state index in [-0.39, 0.29) is 0 Å². The molecule has 0 saturated heterocycles. The van der Waals surface area contributed by atoms with Crippen molar-refractivity contribution in [2.45, 2.75) is 52.5 Å². The minimum absolute atomic E-state index is 0.756. The summed E-state index contributed by atoms with van der Waals surface area (Å²) in [6.45, 7) is 7.99. The van der Waals surface area contributed by atoms with Crippen LogP contribution in [0.15, 0.2) is 24.3 Å². The van der Waals surface area contributed by atoms with Crippen molar-refractivity contribution in [3.63, 3.8) is 0 Å². The molecule has 1 aromatic carbocycles. The first kappa shape index (κ1) is 17.7. The highest BCUT2D eigenvalue weighted by molar-refractivity contribution is 6.81. The van der Waals surface area contributed by atoms with E-state index in [9.17, 15) is 0 Å². The first-order chi connectivity index (χ1) is 9.68. The molecule has 0 spiro atoms. The van der Waals surface area contributed by atoms with E-state index in [2.05, 4.69) is 26.8 Å². The van der Waals surface area contributed by atoms with Crippen LogP contribution in [0.1, 0.15) is 46.5 Å². The van der Waals surface area contributed by atoms with Crippen LogP contribution >= 0.6 is 11.6 Å². The lowest BCUT2D eigenvalue weighted by molar-refractivity contribution is 0.179. The van der Waals surface area contributed by atoms with Crippen LogP contribution in [0.25, 0.3) is 0 Å². The Bertz CT molecular complexity index is 363. The van der Waals surface area contributed by atoms with Crippen LogP contribution in [0.5, 0.6) is 0 Å². The maximum atomic E-state index is 6.28. The molecule has 0 amide bonds. The van der Waals surface area contributed by atoms with Crippen molar-refractivity contribution in [3.05, 3.63) is 29.3 Å². The second-order valence-corrected chi connectivity index (χ2v) is 8.66. The number of hydrogen-bond donors (Lipinski definition) is 0. The van der Waals surface area contributed by atoms with Crippen LogP contribution in [-0.4, -0.2) is 21.8 Å². The molecule has 0 atom stereocenters. The lowest BCUT2D eigenvalue weighted by atomic mass is 10.4. The van der Waals surface area contributed by atoms with Gasteiger partial charge in [0.05, 0.1) is 0 Å². The highest BCUT2D eigenvalue weighted by Crippen LogP contribution is 2.20. The van der Waals surface area contributed by atoms with Gasteiger partial charge in [0.15, 0.2) is 0 Å². The Balaban J connectivity index is 3.04. The smallest absolute Gasteiger partial charge is 0.372 e. The largest absolute Gasteiger partial charge is 0.391 e. The van der Waals surface area contributed by atoms with Crippen molar-refractivity contribution in [1.82, 2.24) is 0 Å². The van der Waals surface area contributed by atoms with Gasteiger partial charge in [-0.3, -0.25) is 0 Å². The van der Waals surface area contributed by atoms with Gasteiger partial charge in [-0.2, -0.15) is 0 Å². The Labute approximate surface area is 129 Å². The lowest BCUT2D eigenvalue weighted by Crippen LogP contribution is -2.54. The third-order valence-corrected chi connectivity index (χ3v) is 6.98. The van der Waals surface area contributed by atoms with Crippen LogP contribution < -0.4 is 5.19 Å².